The Labute approximate surface area is 130 Å². The highest BCUT2D eigenvalue weighted by Gasteiger charge is 2.11. The maximum Gasteiger partial charge on any atom is 0.411 e. The third-order valence-electron chi connectivity index (χ3n) is 3.14. The molecule has 3 aromatic rings. The van der Waals surface area contributed by atoms with Crippen LogP contribution >= 0.6 is 0 Å². The van der Waals surface area contributed by atoms with Gasteiger partial charge in [-0.15, -0.1) is 10.2 Å². The zero-order valence-electron chi connectivity index (χ0n) is 12.2. The summed E-state index contributed by atoms with van der Waals surface area (Å²) in [5.41, 5.74) is 1.44. The summed E-state index contributed by atoms with van der Waals surface area (Å²) in [5.74, 6) is 1.38. The Morgan fingerprint density at radius 2 is 2.26 bits per heavy atom. The van der Waals surface area contributed by atoms with E-state index in [0.29, 0.717) is 18.0 Å². The molecule has 23 heavy (non-hydrogen) atoms. The molecule has 3 N–H and O–H groups in total. The molecule has 0 fully saturated rings. The molecule has 0 aliphatic carbocycles. The van der Waals surface area contributed by atoms with E-state index in [2.05, 4.69) is 25.8 Å². The molecule has 2 aromatic heterocycles. The number of carbonyl (C=O) groups is 1. The van der Waals surface area contributed by atoms with Crippen molar-refractivity contribution in [3.8, 4) is 5.75 Å². The van der Waals surface area contributed by atoms with Crippen molar-refractivity contribution >= 4 is 23.5 Å². The summed E-state index contributed by atoms with van der Waals surface area (Å²) >= 11 is 0. The number of aromatic nitrogens is 4. The van der Waals surface area contributed by atoms with Gasteiger partial charge in [-0.2, -0.15) is 0 Å². The first-order valence-corrected chi connectivity index (χ1v) is 6.74. The number of nitrogens with zero attached hydrogens (tertiary/aromatic N) is 4. The van der Waals surface area contributed by atoms with Crippen molar-refractivity contribution in [2.24, 2.45) is 0 Å². The lowest BCUT2D eigenvalue weighted by atomic mass is 10.2. The molecular weight excluding hydrogens is 300 g/mol. The Hall–Kier alpha value is -3.36. The predicted octanol–water partition coefficient (Wildman–Crippen LogP) is 1.83. The number of methoxy groups -OCH3 is 1. The third-order valence-corrected chi connectivity index (χ3v) is 3.14. The predicted molar refractivity (Wildman–Crippen MR) is 82.8 cm³/mol. The number of benzene rings is 1. The Bertz CT molecular complexity index is 847. The van der Waals surface area contributed by atoms with Crippen molar-refractivity contribution in [2.75, 3.05) is 17.7 Å². The molecule has 0 atom stereocenters. The summed E-state index contributed by atoms with van der Waals surface area (Å²) < 4.78 is 6.69. The largest absolute Gasteiger partial charge is 0.497 e. The monoisotopic (exact) mass is 314 g/mol. The second-order valence-corrected chi connectivity index (χ2v) is 4.63. The summed E-state index contributed by atoms with van der Waals surface area (Å²) in [6, 6.07) is 7.63. The molecule has 0 aliphatic heterocycles. The number of anilines is 2. The van der Waals surface area contributed by atoms with E-state index in [-0.39, 0.29) is 5.95 Å². The highest BCUT2D eigenvalue weighted by molar-refractivity contribution is 5.81. The second-order valence-electron chi connectivity index (χ2n) is 4.63. The van der Waals surface area contributed by atoms with E-state index < -0.39 is 6.09 Å². The Balaban J connectivity index is 1.82. The fourth-order valence-electron chi connectivity index (χ4n) is 2.10. The van der Waals surface area contributed by atoms with Gasteiger partial charge in [0.2, 0.25) is 11.6 Å². The normalized spacial score (nSPS) is 10.5. The van der Waals surface area contributed by atoms with Crippen LogP contribution in [-0.2, 0) is 6.54 Å². The molecule has 0 unspecified atom stereocenters. The van der Waals surface area contributed by atoms with Crippen LogP contribution in [0.4, 0.5) is 16.6 Å². The van der Waals surface area contributed by atoms with Crippen LogP contribution in [0.15, 0.2) is 36.7 Å². The molecule has 2 heterocycles. The van der Waals surface area contributed by atoms with Gasteiger partial charge in [0.15, 0.2) is 5.82 Å². The molecule has 3 rings (SSSR count). The van der Waals surface area contributed by atoms with Crippen LogP contribution in [0.5, 0.6) is 5.75 Å². The highest BCUT2D eigenvalue weighted by atomic mass is 16.5. The van der Waals surface area contributed by atoms with Gasteiger partial charge in [-0.3, -0.25) is 9.72 Å². The summed E-state index contributed by atoms with van der Waals surface area (Å²) in [6.07, 6.45) is 1.91. The molecule has 118 valence electrons. The zero-order chi connectivity index (χ0) is 16.2. The van der Waals surface area contributed by atoms with Crippen molar-refractivity contribution in [2.45, 2.75) is 6.54 Å². The molecule has 0 aliphatic rings. The average molecular weight is 314 g/mol. The van der Waals surface area contributed by atoms with Crippen LogP contribution in [0.25, 0.3) is 5.65 Å². The first-order valence-electron chi connectivity index (χ1n) is 6.74. The zero-order valence-corrected chi connectivity index (χ0v) is 12.2. The molecule has 0 bridgehead atoms. The van der Waals surface area contributed by atoms with Gasteiger partial charge in [-0.1, -0.05) is 12.1 Å². The summed E-state index contributed by atoms with van der Waals surface area (Å²) in [7, 11) is 1.61. The highest BCUT2D eigenvalue weighted by Crippen LogP contribution is 2.17. The number of fused-ring (bicyclic) bond motifs is 1. The van der Waals surface area contributed by atoms with Gasteiger partial charge in [0.05, 0.1) is 7.11 Å². The number of hydrogen-bond donors (Lipinski definition) is 3. The lowest BCUT2D eigenvalue weighted by Crippen LogP contribution is -2.10. The summed E-state index contributed by atoms with van der Waals surface area (Å²) in [6.45, 7) is 0.512. The molecular formula is C14H14N6O3. The van der Waals surface area contributed by atoms with Crippen LogP contribution in [-0.4, -0.2) is 37.9 Å². The molecule has 1 aromatic carbocycles. The van der Waals surface area contributed by atoms with Gasteiger partial charge in [0.1, 0.15) is 5.75 Å². The van der Waals surface area contributed by atoms with Crippen LogP contribution in [0.3, 0.4) is 0 Å². The van der Waals surface area contributed by atoms with Gasteiger partial charge < -0.3 is 15.2 Å². The lowest BCUT2D eigenvalue weighted by molar-refractivity contribution is 0.209. The minimum Gasteiger partial charge on any atom is -0.497 e. The average Bonchev–Trinajstić information content (AvgIpc) is 2.96. The van der Waals surface area contributed by atoms with Crippen molar-refractivity contribution in [1.82, 2.24) is 19.6 Å². The topological polar surface area (TPSA) is 114 Å². The van der Waals surface area contributed by atoms with Gasteiger partial charge in [-0.25, -0.2) is 9.78 Å². The Kier molecular flexibility index (Phi) is 3.91. The smallest absolute Gasteiger partial charge is 0.411 e. The van der Waals surface area contributed by atoms with Crippen molar-refractivity contribution in [3.05, 3.63) is 42.2 Å². The molecule has 0 spiro atoms. The van der Waals surface area contributed by atoms with Crippen molar-refractivity contribution in [3.63, 3.8) is 0 Å². The SMILES string of the molecule is COc1cccc(CNc2nccn3c(NC(=O)O)nnc23)c1. The fraction of sp³-hybridized carbons (Fsp3) is 0.143. The standard InChI is InChI=1S/C14H14N6O3/c1-23-10-4-2-3-9(7-10)8-16-11-12-18-19-13(17-14(21)22)20(12)6-5-15-11/h2-7H,8H2,1H3,(H,15,16)(H,17,19)(H,21,22). The minimum atomic E-state index is -1.21. The van der Waals surface area contributed by atoms with Crippen molar-refractivity contribution < 1.29 is 14.6 Å². The quantitative estimate of drug-likeness (QED) is 0.658. The molecule has 0 saturated heterocycles. The first kappa shape index (κ1) is 14.6. The Morgan fingerprint density at radius 3 is 3.04 bits per heavy atom. The van der Waals surface area contributed by atoms with Gasteiger partial charge in [0.25, 0.3) is 0 Å². The fourth-order valence-corrected chi connectivity index (χ4v) is 2.10. The second kappa shape index (κ2) is 6.18. The molecule has 0 radical (unpaired) electrons. The molecule has 1 amide bonds. The van der Waals surface area contributed by atoms with E-state index in [1.54, 1.807) is 13.3 Å². The van der Waals surface area contributed by atoms with Crippen molar-refractivity contribution in [1.29, 1.82) is 0 Å². The van der Waals surface area contributed by atoms with E-state index >= 15 is 0 Å². The number of nitrogens with one attached hydrogen (secondary N) is 2. The summed E-state index contributed by atoms with van der Waals surface area (Å²) in [4.78, 5) is 14.9. The number of carboxylic acid groups (broad SMARTS) is 1. The molecule has 0 saturated carbocycles. The maximum absolute atomic E-state index is 10.7. The van der Waals surface area contributed by atoms with Gasteiger partial charge >= 0.3 is 6.09 Å². The van der Waals surface area contributed by atoms with E-state index in [0.717, 1.165) is 11.3 Å². The van der Waals surface area contributed by atoms with Crippen LogP contribution in [0.1, 0.15) is 5.56 Å². The Morgan fingerprint density at radius 1 is 1.39 bits per heavy atom. The lowest BCUT2D eigenvalue weighted by Gasteiger charge is -2.08. The maximum atomic E-state index is 10.7. The number of rotatable bonds is 5. The van der Waals surface area contributed by atoms with Crippen LogP contribution < -0.4 is 15.4 Å². The van der Waals surface area contributed by atoms with Gasteiger partial charge in [0, 0.05) is 18.9 Å². The van der Waals surface area contributed by atoms with E-state index in [9.17, 15) is 4.79 Å². The first-order chi connectivity index (χ1) is 11.2. The minimum absolute atomic E-state index is 0.110. The van der Waals surface area contributed by atoms with Crippen LogP contribution in [0, 0.1) is 0 Å². The van der Waals surface area contributed by atoms with Gasteiger partial charge in [-0.05, 0) is 17.7 Å². The number of hydrogen-bond acceptors (Lipinski definition) is 6. The van der Waals surface area contributed by atoms with Crippen LogP contribution in [0.2, 0.25) is 0 Å². The summed E-state index contributed by atoms with van der Waals surface area (Å²) in [5, 5.41) is 21.9. The molecule has 9 nitrogen and oxygen atoms in total. The number of amides is 1. The van der Waals surface area contributed by atoms with E-state index in [4.69, 9.17) is 9.84 Å². The third kappa shape index (κ3) is 3.12. The number of ether oxygens (including phenoxy) is 1. The van der Waals surface area contributed by atoms with E-state index in [1.807, 2.05) is 24.3 Å². The molecule has 9 heteroatoms. The van der Waals surface area contributed by atoms with E-state index in [1.165, 1.54) is 10.6 Å².